The van der Waals surface area contributed by atoms with Gasteiger partial charge in [-0.15, -0.1) is 0 Å². The minimum absolute atomic E-state index is 0.690. The maximum Gasteiger partial charge on any atom is 0.134 e. The van der Waals surface area contributed by atoms with E-state index in [1.54, 1.807) is 6.33 Å². The van der Waals surface area contributed by atoms with Gasteiger partial charge in [0.1, 0.15) is 23.7 Å². The molecule has 23 heavy (non-hydrogen) atoms. The van der Waals surface area contributed by atoms with Crippen molar-refractivity contribution in [3.8, 4) is 5.75 Å². The Balaban J connectivity index is 1.57. The zero-order valence-electron chi connectivity index (χ0n) is 13.7. The van der Waals surface area contributed by atoms with Crippen LogP contribution >= 0.6 is 0 Å². The lowest BCUT2D eigenvalue weighted by Gasteiger charge is -2.16. The van der Waals surface area contributed by atoms with E-state index in [9.17, 15) is 0 Å². The molecule has 1 aliphatic heterocycles. The van der Waals surface area contributed by atoms with Gasteiger partial charge in [-0.2, -0.15) is 0 Å². The molecule has 0 aliphatic carbocycles. The number of hydrogen-bond donors (Lipinski definition) is 1. The van der Waals surface area contributed by atoms with Gasteiger partial charge >= 0.3 is 0 Å². The van der Waals surface area contributed by atoms with E-state index < -0.39 is 0 Å². The van der Waals surface area contributed by atoms with Gasteiger partial charge in [0.25, 0.3) is 0 Å². The number of nitrogens with one attached hydrogen (secondary N) is 1. The van der Waals surface area contributed by atoms with Crippen LogP contribution in [0.4, 0.5) is 11.6 Å². The quantitative estimate of drug-likeness (QED) is 0.851. The van der Waals surface area contributed by atoms with Crippen LogP contribution in [0.2, 0.25) is 0 Å². The molecule has 0 radical (unpaired) electrons. The smallest absolute Gasteiger partial charge is 0.134 e. The van der Waals surface area contributed by atoms with Crippen LogP contribution in [-0.2, 0) is 6.42 Å². The van der Waals surface area contributed by atoms with Crippen molar-refractivity contribution in [2.24, 2.45) is 0 Å². The molecular weight excluding hydrogens is 288 g/mol. The first-order valence-corrected chi connectivity index (χ1v) is 8.38. The summed E-state index contributed by atoms with van der Waals surface area (Å²) in [6.45, 7) is 5.71. The van der Waals surface area contributed by atoms with Gasteiger partial charge in [-0.05, 0) is 37.8 Å². The van der Waals surface area contributed by atoms with Gasteiger partial charge < -0.3 is 15.0 Å². The van der Waals surface area contributed by atoms with Crippen LogP contribution in [0.15, 0.2) is 36.7 Å². The van der Waals surface area contributed by atoms with Crippen molar-refractivity contribution in [2.75, 3.05) is 36.5 Å². The molecule has 1 fully saturated rings. The second kappa shape index (κ2) is 7.81. The summed E-state index contributed by atoms with van der Waals surface area (Å²) < 4.78 is 5.67. The molecule has 1 aliphatic rings. The Kier molecular flexibility index (Phi) is 5.29. The SMILES string of the molecule is CCOc1ccccc1CCNc1cc(N2CCCC2)ncn1. The number of hydrogen-bond acceptors (Lipinski definition) is 5. The third-order valence-electron chi connectivity index (χ3n) is 4.06. The van der Waals surface area contributed by atoms with Crippen LogP contribution in [0, 0.1) is 0 Å². The van der Waals surface area contributed by atoms with E-state index in [-0.39, 0.29) is 0 Å². The molecule has 1 saturated heterocycles. The molecule has 5 nitrogen and oxygen atoms in total. The molecule has 2 aromatic rings. The van der Waals surface area contributed by atoms with Crippen molar-refractivity contribution in [3.63, 3.8) is 0 Å². The zero-order valence-corrected chi connectivity index (χ0v) is 13.7. The number of para-hydroxylation sites is 1. The minimum atomic E-state index is 0.690. The van der Waals surface area contributed by atoms with E-state index in [1.165, 1.54) is 18.4 Å². The van der Waals surface area contributed by atoms with Gasteiger partial charge in [-0.25, -0.2) is 9.97 Å². The molecule has 0 amide bonds. The van der Waals surface area contributed by atoms with E-state index in [0.29, 0.717) is 6.61 Å². The predicted molar refractivity (Wildman–Crippen MR) is 93.3 cm³/mol. The van der Waals surface area contributed by atoms with Gasteiger partial charge in [0.2, 0.25) is 0 Å². The highest BCUT2D eigenvalue weighted by atomic mass is 16.5. The number of aromatic nitrogens is 2. The van der Waals surface area contributed by atoms with Crippen LogP contribution in [0.25, 0.3) is 0 Å². The highest BCUT2D eigenvalue weighted by molar-refractivity contribution is 5.49. The van der Waals surface area contributed by atoms with Crippen molar-refractivity contribution in [1.29, 1.82) is 0 Å². The highest BCUT2D eigenvalue weighted by Gasteiger charge is 2.13. The molecule has 122 valence electrons. The van der Waals surface area contributed by atoms with Crippen molar-refractivity contribution in [2.45, 2.75) is 26.2 Å². The number of ether oxygens (including phenoxy) is 1. The molecule has 1 aromatic heterocycles. The van der Waals surface area contributed by atoms with Gasteiger partial charge in [0.15, 0.2) is 0 Å². The maximum absolute atomic E-state index is 5.67. The van der Waals surface area contributed by atoms with Gasteiger partial charge in [0.05, 0.1) is 6.61 Å². The molecule has 2 heterocycles. The lowest BCUT2D eigenvalue weighted by Crippen LogP contribution is -2.19. The Hall–Kier alpha value is -2.30. The average Bonchev–Trinajstić information content (AvgIpc) is 3.12. The van der Waals surface area contributed by atoms with Gasteiger partial charge in [-0.1, -0.05) is 18.2 Å². The molecule has 0 bridgehead atoms. The summed E-state index contributed by atoms with van der Waals surface area (Å²) in [6.07, 6.45) is 5.05. The minimum Gasteiger partial charge on any atom is -0.494 e. The summed E-state index contributed by atoms with van der Waals surface area (Å²) in [6, 6.07) is 10.2. The molecule has 1 N–H and O–H groups in total. The maximum atomic E-state index is 5.67. The molecule has 0 atom stereocenters. The van der Waals surface area contributed by atoms with Crippen LogP contribution < -0.4 is 15.0 Å². The van der Waals surface area contributed by atoms with E-state index in [4.69, 9.17) is 4.74 Å². The Labute approximate surface area is 137 Å². The Morgan fingerprint density at radius 3 is 2.83 bits per heavy atom. The number of benzene rings is 1. The summed E-state index contributed by atoms with van der Waals surface area (Å²) in [5, 5.41) is 3.39. The Morgan fingerprint density at radius 2 is 2.00 bits per heavy atom. The van der Waals surface area contributed by atoms with Crippen LogP contribution in [-0.4, -0.2) is 36.2 Å². The molecule has 1 aromatic carbocycles. The first kappa shape index (κ1) is 15.6. The summed E-state index contributed by atoms with van der Waals surface area (Å²) in [7, 11) is 0. The topological polar surface area (TPSA) is 50.3 Å². The van der Waals surface area contributed by atoms with Crippen molar-refractivity contribution < 1.29 is 4.74 Å². The third-order valence-corrected chi connectivity index (χ3v) is 4.06. The Bertz CT molecular complexity index is 626. The Morgan fingerprint density at radius 1 is 1.17 bits per heavy atom. The first-order chi connectivity index (χ1) is 11.4. The second-order valence-corrected chi connectivity index (χ2v) is 5.67. The highest BCUT2D eigenvalue weighted by Crippen LogP contribution is 2.20. The van der Waals surface area contributed by atoms with E-state index in [2.05, 4.69) is 26.3 Å². The van der Waals surface area contributed by atoms with Gasteiger partial charge in [-0.3, -0.25) is 0 Å². The molecule has 3 rings (SSSR count). The van der Waals surface area contributed by atoms with Gasteiger partial charge in [0, 0.05) is 25.7 Å². The predicted octanol–water partition coefficient (Wildman–Crippen LogP) is 3.13. The van der Waals surface area contributed by atoms with E-state index in [1.807, 2.05) is 31.2 Å². The summed E-state index contributed by atoms with van der Waals surface area (Å²) in [5.41, 5.74) is 1.22. The fourth-order valence-electron chi connectivity index (χ4n) is 2.89. The molecule has 0 spiro atoms. The van der Waals surface area contributed by atoms with E-state index >= 15 is 0 Å². The first-order valence-electron chi connectivity index (χ1n) is 8.38. The molecule has 5 heteroatoms. The fraction of sp³-hybridized carbons (Fsp3) is 0.444. The van der Waals surface area contributed by atoms with Crippen LogP contribution in [0.3, 0.4) is 0 Å². The molecule has 0 unspecified atom stereocenters. The van der Waals surface area contributed by atoms with Crippen LogP contribution in [0.1, 0.15) is 25.3 Å². The van der Waals surface area contributed by atoms with Crippen molar-refractivity contribution in [1.82, 2.24) is 9.97 Å². The van der Waals surface area contributed by atoms with Crippen molar-refractivity contribution >= 4 is 11.6 Å². The summed E-state index contributed by atoms with van der Waals surface area (Å²) in [5.74, 6) is 2.88. The second-order valence-electron chi connectivity index (χ2n) is 5.67. The average molecular weight is 312 g/mol. The fourth-order valence-corrected chi connectivity index (χ4v) is 2.89. The van der Waals surface area contributed by atoms with E-state index in [0.717, 1.165) is 43.4 Å². The number of nitrogens with zero attached hydrogens (tertiary/aromatic N) is 3. The monoisotopic (exact) mass is 312 g/mol. The largest absolute Gasteiger partial charge is 0.494 e. The molecular formula is C18H24N4O. The summed E-state index contributed by atoms with van der Waals surface area (Å²) >= 11 is 0. The number of rotatable bonds is 7. The van der Waals surface area contributed by atoms with Crippen LogP contribution in [0.5, 0.6) is 5.75 Å². The summed E-state index contributed by atoms with van der Waals surface area (Å²) in [4.78, 5) is 11.0. The standard InChI is InChI=1S/C18H24N4O/c1-2-23-16-8-4-3-7-15(16)9-10-19-17-13-18(21-14-20-17)22-11-5-6-12-22/h3-4,7-8,13-14H,2,5-6,9-12H2,1H3,(H,19,20,21). The van der Waals surface area contributed by atoms with Crippen molar-refractivity contribution in [3.05, 3.63) is 42.2 Å². The lowest BCUT2D eigenvalue weighted by molar-refractivity contribution is 0.336. The molecule has 0 saturated carbocycles. The zero-order chi connectivity index (χ0) is 15.9. The third kappa shape index (κ3) is 4.12. The number of anilines is 2. The lowest BCUT2D eigenvalue weighted by atomic mass is 10.1. The normalized spacial score (nSPS) is 14.0.